The molecule has 0 atom stereocenters. The number of imidazole rings is 1. The van der Waals surface area contributed by atoms with Gasteiger partial charge in [-0.3, -0.25) is 9.97 Å². The van der Waals surface area contributed by atoms with Crippen LogP contribution in [0.25, 0.3) is 11.4 Å². The second-order valence-corrected chi connectivity index (χ2v) is 5.69. The van der Waals surface area contributed by atoms with Crippen LogP contribution in [0.2, 0.25) is 0 Å². The summed E-state index contributed by atoms with van der Waals surface area (Å²) >= 11 is 0. The molecule has 3 rings (SSSR count). The summed E-state index contributed by atoms with van der Waals surface area (Å²) in [6.07, 6.45) is 10.7. The van der Waals surface area contributed by atoms with Crippen LogP contribution in [0.1, 0.15) is 18.5 Å². The van der Waals surface area contributed by atoms with Crippen molar-refractivity contribution < 1.29 is 0 Å². The number of aromatic nitrogens is 4. The van der Waals surface area contributed by atoms with Crippen molar-refractivity contribution in [1.82, 2.24) is 24.4 Å². The summed E-state index contributed by atoms with van der Waals surface area (Å²) < 4.78 is 2.00. The molecule has 0 spiro atoms. The highest BCUT2D eigenvalue weighted by molar-refractivity contribution is 5.56. The van der Waals surface area contributed by atoms with Gasteiger partial charge >= 0.3 is 0 Å². The van der Waals surface area contributed by atoms with E-state index in [9.17, 15) is 0 Å². The standard InChI is InChI=1S/C15H21N5/c1-19-7-3-12(4-8-19)9-13-15(18-6-5-17-13)14-10-16-11-20(14)2/h5-6,10-12H,3-4,7-9H2,1-2H3. The van der Waals surface area contributed by atoms with E-state index in [1.807, 2.05) is 24.1 Å². The fourth-order valence-electron chi connectivity index (χ4n) is 2.86. The zero-order valence-corrected chi connectivity index (χ0v) is 12.2. The number of hydrogen-bond donors (Lipinski definition) is 0. The van der Waals surface area contributed by atoms with Gasteiger partial charge in [-0.25, -0.2) is 4.98 Å². The van der Waals surface area contributed by atoms with Crippen LogP contribution >= 0.6 is 0 Å². The Bertz CT molecular complexity index is 569. The van der Waals surface area contributed by atoms with E-state index in [4.69, 9.17) is 0 Å². The summed E-state index contributed by atoms with van der Waals surface area (Å²) in [5.74, 6) is 0.717. The number of piperidine rings is 1. The summed E-state index contributed by atoms with van der Waals surface area (Å²) in [6.45, 7) is 2.37. The first-order chi connectivity index (χ1) is 9.74. The van der Waals surface area contributed by atoms with Crippen LogP contribution in [0.5, 0.6) is 0 Å². The Morgan fingerprint density at radius 3 is 2.60 bits per heavy atom. The highest BCUT2D eigenvalue weighted by Gasteiger charge is 2.20. The molecular weight excluding hydrogens is 250 g/mol. The highest BCUT2D eigenvalue weighted by atomic mass is 15.1. The fourth-order valence-corrected chi connectivity index (χ4v) is 2.86. The third kappa shape index (κ3) is 2.72. The van der Waals surface area contributed by atoms with Crippen molar-refractivity contribution in [2.24, 2.45) is 13.0 Å². The van der Waals surface area contributed by atoms with E-state index in [-0.39, 0.29) is 0 Å². The van der Waals surface area contributed by atoms with Crippen molar-refractivity contribution in [2.45, 2.75) is 19.3 Å². The monoisotopic (exact) mass is 271 g/mol. The van der Waals surface area contributed by atoms with E-state index >= 15 is 0 Å². The molecule has 0 aliphatic carbocycles. The predicted molar refractivity (Wildman–Crippen MR) is 78.2 cm³/mol. The normalized spacial score (nSPS) is 17.5. The third-order valence-corrected chi connectivity index (χ3v) is 4.15. The lowest BCUT2D eigenvalue weighted by Crippen LogP contribution is -2.31. The largest absolute Gasteiger partial charge is 0.332 e. The van der Waals surface area contributed by atoms with Gasteiger partial charge in [-0.05, 0) is 45.3 Å². The van der Waals surface area contributed by atoms with Crippen molar-refractivity contribution in [1.29, 1.82) is 0 Å². The molecular formula is C15H21N5. The van der Waals surface area contributed by atoms with E-state index in [0.717, 1.165) is 29.4 Å². The van der Waals surface area contributed by atoms with E-state index in [1.54, 1.807) is 12.4 Å². The predicted octanol–water partition coefficient (Wildman–Crippen LogP) is 1.76. The van der Waals surface area contributed by atoms with Gasteiger partial charge in [-0.15, -0.1) is 0 Å². The zero-order chi connectivity index (χ0) is 13.9. The molecule has 20 heavy (non-hydrogen) atoms. The maximum atomic E-state index is 4.57. The lowest BCUT2D eigenvalue weighted by molar-refractivity contribution is 0.218. The molecule has 0 radical (unpaired) electrons. The maximum absolute atomic E-state index is 4.57. The Morgan fingerprint density at radius 1 is 1.15 bits per heavy atom. The smallest absolute Gasteiger partial charge is 0.110 e. The molecule has 2 aromatic heterocycles. The zero-order valence-electron chi connectivity index (χ0n) is 12.2. The second kappa shape index (κ2) is 5.71. The Kier molecular flexibility index (Phi) is 3.78. The van der Waals surface area contributed by atoms with Crippen LogP contribution in [0.4, 0.5) is 0 Å². The quantitative estimate of drug-likeness (QED) is 0.853. The Balaban J connectivity index is 1.82. The summed E-state index contributed by atoms with van der Waals surface area (Å²) in [7, 11) is 4.19. The van der Waals surface area contributed by atoms with Gasteiger partial charge in [0.1, 0.15) is 5.69 Å². The fraction of sp³-hybridized carbons (Fsp3) is 0.533. The summed E-state index contributed by atoms with van der Waals surface area (Å²) in [5, 5.41) is 0. The Morgan fingerprint density at radius 2 is 1.90 bits per heavy atom. The molecule has 0 amide bonds. The molecule has 0 bridgehead atoms. The molecule has 1 aliphatic heterocycles. The van der Waals surface area contributed by atoms with Gasteiger partial charge in [0, 0.05) is 19.4 Å². The van der Waals surface area contributed by atoms with E-state index < -0.39 is 0 Å². The number of likely N-dealkylation sites (tertiary alicyclic amines) is 1. The molecule has 0 aromatic carbocycles. The topological polar surface area (TPSA) is 46.8 Å². The molecule has 106 valence electrons. The SMILES string of the molecule is CN1CCC(Cc2nccnc2-c2cncn2C)CC1. The molecule has 1 saturated heterocycles. The van der Waals surface area contributed by atoms with Crippen LogP contribution in [0.3, 0.4) is 0 Å². The van der Waals surface area contributed by atoms with E-state index in [0.29, 0.717) is 0 Å². The number of aryl methyl sites for hydroxylation is 1. The molecule has 5 nitrogen and oxygen atoms in total. The van der Waals surface area contributed by atoms with Gasteiger partial charge in [0.15, 0.2) is 0 Å². The molecule has 1 aliphatic rings. The van der Waals surface area contributed by atoms with Crippen LogP contribution in [0, 0.1) is 5.92 Å². The summed E-state index contributed by atoms with van der Waals surface area (Å²) in [6, 6.07) is 0. The minimum atomic E-state index is 0.717. The molecule has 0 unspecified atom stereocenters. The van der Waals surface area contributed by atoms with E-state index in [2.05, 4.69) is 26.9 Å². The first-order valence-electron chi connectivity index (χ1n) is 7.19. The van der Waals surface area contributed by atoms with Gasteiger partial charge in [0.25, 0.3) is 0 Å². The maximum Gasteiger partial charge on any atom is 0.110 e. The van der Waals surface area contributed by atoms with Crippen molar-refractivity contribution in [3.05, 3.63) is 30.6 Å². The van der Waals surface area contributed by atoms with Crippen molar-refractivity contribution in [2.75, 3.05) is 20.1 Å². The van der Waals surface area contributed by atoms with Crippen LogP contribution < -0.4 is 0 Å². The van der Waals surface area contributed by atoms with Gasteiger partial charge < -0.3 is 9.47 Å². The summed E-state index contributed by atoms with van der Waals surface area (Å²) in [5.41, 5.74) is 3.12. The Labute approximate surface area is 119 Å². The van der Waals surface area contributed by atoms with Gasteiger partial charge in [0.05, 0.1) is 23.9 Å². The minimum absolute atomic E-state index is 0.717. The lowest BCUT2D eigenvalue weighted by atomic mass is 9.91. The van der Waals surface area contributed by atoms with Crippen LogP contribution in [0.15, 0.2) is 24.9 Å². The van der Waals surface area contributed by atoms with Gasteiger partial charge in [-0.2, -0.15) is 0 Å². The molecule has 2 aromatic rings. The lowest BCUT2D eigenvalue weighted by Gasteiger charge is -2.28. The van der Waals surface area contributed by atoms with Crippen molar-refractivity contribution in [3.63, 3.8) is 0 Å². The third-order valence-electron chi connectivity index (χ3n) is 4.15. The second-order valence-electron chi connectivity index (χ2n) is 5.69. The molecule has 1 fully saturated rings. The first kappa shape index (κ1) is 13.2. The number of rotatable bonds is 3. The van der Waals surface area contributed by atoms with E-state index in [1.165, 1.54) is 25.9 Å². The average molecular weight is 271 g/mol. The van der Waals surface area contributed by atoms with Gasteiger partial charge in [-0.1, -0.05) is 0 Å². The van der Waals surface area contributed by atoms with Crippen molar-refractivity contribution in [3.8, 4) is 11.4 Å². The summed E-state index contributed by atoms with van der Waals surface area (Å²) in [4.78, 5) is 15.7. The van der Waals surface area contributed by atoms with Crippen LogP contribution in [-0.2, 0) is 13.5 Å². The van der Waals surface area contributed by atoms with Gasteiger partial charge in [0.2, 0.25) is 0 Å². The Hall–Kier alpha value is -1.75. The number of hydrogen-bond acceptors (Lipinski definition) is 4. The molecule has 3 heterocycles. The van der Waals surface area contributed by atoms with Crippen molar-refractivity contribution >= 4 is 0 Å². The first-order valence-corrected chi connectivity index (χ1v) is 7.19. The number of nitrogens with zero attached hydrogens (tertiary/aromatic N) is 5. The minimum Gasteiger partial charge on any atom is -0.332 e. The average Bonchev–Trinajstić information content (AvgIpc) is 2.88. The molecule has 0 saturated carbocycles. The van der Waals surface area contributed by atoms with Crippen LogP contribution in [-0.4, -0.2) is 44.6 Å². The molecule has 5 heteroatoms. The highest BCUT2D eigenvalue weighted by Crippen LogP contribution is 2.25. The molecule has 0 N–H and O–H groups in total.